The fourth-order valence-electron chi connectivity index (χ4n) is 7.11. The van der Waals surface area contributed by atoms with Crippen LogP contribution in [0.5, 0.6) is 0 Å². The van der Waals surface area contributed by atoms with Crippen LogP contribution in [0.25, 0.3) is 55.4 Å². The number of imidazole rings is 1. The van der Waals surface area contributed by atoms with Crippen molar-refractivity contribution in [3.05, 3.63) is 131 Å². The maximum Gasteiger partial charge on any atom is 0.369 e. The van der Waals surface area contributed by atoms with Crippen molar-refractivity contribution in [1.82, 2.24) is 13.7 Å². The van der Waals surface area contributed by atoms with Gasteiger partial charge in [-0.3, -0.25) is 0 Å². The van der Waals surface area contributed by atoms with E-state index in [9.17, 15) is 0 Å². The smallest absolute Gasteiger partial charge is 0.237 e. The van der Waals surface area contributed by atoms with E-state index in [2.05, 4.69) is 183 Å². The summed E-state index contributed by atoms with van der Waals surface area (Å²) >= 11 is 0. The number of para-hydroxylation sites is 2. The molecule has 0 aliphatic heterocycles. The zero-order valence-electron chi connectivity index (χ0n) is 40.5. The van der Waals surface area contributed by atoms with Crippen molar-refractivity contribution in [3.8, 4) is 11.6 Å². The number of hydrogen-bond acceptors (Lipinski definition) is 0. The molecule has 0 saturated carbocycles. The molecule has 4 heterocycles. The van der Waals surface area contributed by atoms with Gasteiger partial charge in [-0.1, -0.05) is 138 Å². The summed E-state index contributed by atoms with van der Waals surface area (Å²) in [4.78, 5) is 0. The van der Waals surface area contributed by atoms with Gasteiger partial charge in [-0.2, -0.15) is 9.13 Å². The van der Waals surface area contributed by atoms with Crippen molar-refractivity contribution in [3.63, 3.8) is 0 Å². The van der Waals surface area contributed by atoms with Gasteiger partial charge in [0.25, 0.3) is 5.65 Å². The molecular weight excluding hydrogens is 707 g/mol. The van der Waals surface area contributed by atoms with E-state index < -0.39 is 0 Å². The van der Waals surface area contributed by atoms with Crippen LogP contribution in [0, 0.1) is 41.5 Å². The molecule has 4 aromatic carbocycles. The lowest BCUT2D eigenvalue weighted by Crippen LogP contribution is -2.34. The van der Waals surface area contributed by atoms with Gasteiger partial charge in [0.2, 0.25) is 0 Å². The minimum absolute atomic E-state index is 1.18. The van der Waals surface area contributed by atoms with Crippen LogP contribution in [0.2, 0.25) is 0 Å². The van der Waals surface area contributed by atoms with E-state index in [-0.39, 0.29) is 0 Å². The van der Waals surface area contributed by atoms with Gasteiger partial charge in [0.05, 0.1) is 32.7 Å². The number of rotatable bonds is 2. The third kappa shape index (κ3) is 9.92. The molecule has 0 aliphatic rings. The van der Waals surface area contributed by atoms with Crippen LogP contribution in [0.1, 0.15) is 117 Å². The lowest BCUT2D eigenvalue weighted by molar-refractivity contribution is -0.664. The van der Waals surface area contributed by atoms with E-state index in [1.807, 2.05) is 83.1 Å². The summed E-state index contributed by atoms with van der Waals surface area (Å²) in [5.41, 5.74) is 14.2. The van der Waals surface area contributed by atoms with E-state index in [0.717, 1.165) is 0 Å². The van der Waals surface area contributed by atoms with Gasteiger partial charge >= 0.3 is 5.95 Å². The highest BCUT2D eigenvalue weighted by Gasteiger charge is 2.26. The molecule has 5 heteroatoms. The van der Waals surface area contributed by atoms with E-state index in [1.54, 1.807) is 0 Å². The molecule has 0 aliphatic carbocycles. The van der Waals surface area contributed by atoms with Crippen LogP contribution < -0.4 is 9.13 Å². The summed E-state index contributed by atoms with van der Waals surface area (Å²) < 4.78 is 11.6. The molecule has 8 rings (SSSR count). The molecule has 0 bridgehead atoms. The van der Waals surface area contributed by atoms with Crippen molar-refractivity contribution in [1.29, 1.82) is 0 Å². The Morgan fingerprint density at radius 1 is 0.448 bits per heavy atom. The third-order valence-corrected chi connectivity index (χ3v) is 10.1. The maximum atomic E-state index is 2.40. The Hall–Kier alpha value is -5.16. The van der Waals surface area contributed by atoms with Gasteiger partial charge in [-0.15, -0.1) is 0 Å². The Kier molecular flexibility index (Phi) is 21.5. The number of aromatic nitrogens is 5. The minimum Gasteiger partial charge on any atom is -0.237 e. The van der Waals surface area contributed by atoms with Crippen molar-refractivity contribution >= 4 is 43.7 Å². The van der Waals surface area contributed by atoms with Crippen molar-refractivity contribution in [2.75, 3.05) is 0 Å². The van der Waals surface area contributed by atoms with E-state index in [1.165, 1.54) is 89.0 Å². The second-order valence-corrected chi connectivity index (χ2v) is 12.8. The fourth-order valence-corrected chi connectivity index (χ4v) is 7.11. The molecule has 0 spiro atoms. The average Bonchev–Trinajstić information content (AvgIpc) is 3.88. The zero-order chi connectivity index (χ0) is 44.4. The number of hydrogen-bond donors (Lipinski definition) is 0. The summed E-state index contributed by atoms with van der Waals surface area (Å²) in [6, 6.07) is 32.8. The second kappa shape index (κ2) is 24.6. The van der Waals surface area contributed by atoms with Crippen molar-refractivity contribution in [2.45, 2.75) is 125 Å². The van der Waals surface area contributed by atoms with Crippen LogP contribution in [0.3, 0.4) is 0 Å². The quantitative estimate of drug-likeness (QED) is 0.156. The molecule has 0 saturated heterocycles. The Labute approximate surface area is 353 Å². The lowest BCUT2D eigenvalue weighted by atomic mass is 10.1. The molecule has 4 aromatic heterocycles. The molecule has 0 atom stereocenters. The molecule has 0 unspecified atom stereocenters. The average molecular weight is 786 g/mol. The van der Waals surface area contributed by atoms with Gasteiger partial charge in [-0.05, 0) is 100 Å². The molecule has 5 nitrogen and oxygen atoms in total. The molecule has 314 valence electrons. The summed E-state index contributed by atoms with van der Waals surface area (Å²) in [5.74, 6) is 1.18. The first-order valence-electron chi connectivity index (χ1n) is 22.1. The lowest BCUT2D eigenvalue weighted by Gasteiger charge is -2.08. The normalized spacial score (nSPS) is 9.81. The fraction of sp³-hybridized carbons (Fsp3) is 0.396. The van der Waals surface area contributed by atoms with Crippen molar-refractivity contribution < 1.29 is 9.13 Å². The molecule has 8 aromatic rings. The van der Waals surface area contributed by atoms with Crippen LogP contribution in [0.4, 0.5) is 0 Å². The molecule has 58 heavy (non-hydrogen) atoms. The Balaban J connectivity index is 0.000000462. The van der Waals surface area contributed by atoms with Crippen molar-refractivity contribution in [2.24, 2.45) is 21.1 Å². The van der Waals surface area contributed by atoms with Gasteiger partial charge in [0.15, 0.2) is 0 Å². The highest BCUT2D eigenvalue weighted by atomic mass is 15.3. The number of pyridine rings is 1. The standard InChI is InChI=1S/C21H21N2.C20H22N3.6C2H6/c1-14-8-7-11-19(16(14)3)23-20-10-6-5-9-17(20)18-13-12-15(2)22(4)21(18)23;1-13-10-11-17-16-8-6-7-9-18(16)23(19(17)15(13)3)20-21(4)12-14(2)22(20)5;6*1-2/h5-13H,1-4H3;6-12H,1-5H3;6*1-2H3/q2*+1;;;;;;. The predicted octanol–water partition coefficient (Wildman–Crippen LogP) is 14.6. The minimum atomic E-state index is 1.18. The zero-order valence-corrected chi connectivity index (χ0v) is 40.5. The van der Waals surface area contributed by atoms with Gasteiger partial charge in [0.1, 0.15) is 33.6 Å². The van der Waals surface area contributed by atoms with Gasteiger partial charge < -0.3 is 0 Å². The first-order chi connectivity index (χ1) is 28.1. The number of nitrogens with zero attached hydrogens (tertiary/aromatic N) is 5. The number of fused-ring (bicyclic) bond motifs is 6. The van der Waals surface area contributed by atoms with Crippen LogP contribution >= 0.6 is 0 Å². The van der Waals surface area contributed by atoms with E-state index in [0.29, 0.717) is 0 Å². The van der Waals surface area contributed by atoms with E-state index >= 15 is 0 Å². The summed E-state index contributed by atoms with van der Waals surface area (Å²) in [7, 11) is 6.41. The molecular formula is C53H79N5+2. The molecule has 0 fully saturated rings. The molecule has 0 N–H and O–H groups in total. The molecule has 0 radical (unpaired) electrons. The van der Waals surface area contributed by atoms with Crippen LogP contribution in [-0.2, 0) is 21.1 Å². The Morgan fingerprint density at radius 3 is 1.47 bits per heavy atom. The van der Waals surface area contributed by atoms with Crippen LogP contribution in [-0.4, -0.2) is 13.7 Å². The number of aryl methyl sites for hydroxylation is 7. The largest absolute Gasteiger partial charge is 0.369 e. The summed E-state index contributed by atoms with van der Waals surface area (Å²) in [6.45, 7) is 37.1. The highest BCUT2D eigenvalue weighted by molar-refractivity contribution is 6.10. The third-order valence-electron chi connectivity index (χ3n) is 10.1. The Bertz CT molecular complexity index is 2470. The molecule has 0 amide bonds. The SMILES string of the molecule is CC.CC.CC.CC.CC.CC.Cc1ccc2c3ccccc3n(-c3n(C)c(C)c[n+]3C)c2c1C.Cc1cccc(-n2c3ccccc3c3ccc(C)[n+](C)c32)c1C. The summed E-state index contributed by atoms with van der Waals surface area (Å²) in [6.07, 6.45) is 2.18. The predicted molar refractivity (Wildman–Crippen MR) is 259 cm³/mol. The first-order valence-corrected chi connectivity index (χ1v) is 22.1. The van der Waals surface area contributed by atoms with Gasteiger partial charge in [0, 0.05) is 16.2 Å². The first kappa shape index (κ1) is 50.9. The maximum absolute atomic E-state index is 2.40. The van der Waals surface area contributed by atoms with E-state index in [4.69, 9.17) is 0 Å². The highest BCUT2D eigenvalue weighted by Crippen LogP contribution is 2.35. The van der Waals surface area contributed by atoms with Crippen LogP contribution in [0.15, 0.2) is 97.2 Å². The van der Waals surface area contributed by atoms with Gasteiger partial charge in [-0.25, -0.2) is 13.7 Å². The Morgan fingerprint density at radius 2 is 0.931 bits per heavy atom. The summed E-state index contributed by atoms with van der Waals surface area (Å²) in [5, 5.41) is 5.24. The second-order valence-electron chi connectivity index (χ2n) is 12.8. The monoisotopic (exact) mass is 786 g/mol. The number of benzene rings is 4. The topological polar surface area (TPSA) is 22.5 Å².